The van der Waals surface area contributed by atoms with Gasteiger partial charge in [-0.15, -0.1) is 6.42 Å². The van der Waals surface area contributed by atoms with E-state index in [2.05, 4.69) is 11.2 Å². The Hall–Kier alpha value is -1.20. The van der Waals surface area contributed by atoms with Crippen LogP contribution in [0, 0.1) is 19.3 Å². The summed E-state index contributed by atoms with van der Waals surface area (Å²) in [6, 6.07) is 1.85. The largest absolute Gasteiger partial charge is 0.469 e. The fourth-order valence-electron chi connectivity index (χ4n) is 1.02. The molecule has 0 fully saturated rings. The van der Waals surface area contributed by atoms with Gasteiger partial charge in [-0.25, -0.2) is 0 Å². The van der Waals surface area contributed by atoms with E-state index in [1.807, 2.05) is 20.0 Å². The van der Waals surface area contributed by atoms with Gasteiger partial charge in [0.1, 0.15) is 5.76 Å². The molecule has 0 saturated carbocycles. The Bertz CT molecular complexity index is 269. The van der Waals surface area contributed by atoms with Crippen LogP contribution in [0.3, 0.4) is 0 Å². The lowest BCUT2D eigenvalue weighted by Gasteiger charge is -2.06. The zero-order valence-electron chi connectivity index (χ0n) is 6.72. The highest BCUT2D eigenvalue weighted by Gasteiger charge is 2.09. The van der Waals surface area contributed by atoms with Gasteiger partial charge in [-0.1, -0.05) is 5.92 Å². The Morgan fingerprint density at radius 1 is 1.73 bits per heavy atom. The van der Waals surface area contributed by atoms with Gasteiger partial charge in [0.2, 0.25) is 0 Å². The average Bonchev–Trinajstić information content (AvgIpc) is 2.40. The van der Waals surface area contributed by atoms with Crippen molar-refractivity contribution in [3.63, 3.8) is 0 Å². The quantitative estimate of drug-likeness (QED) is 0.644. The third kappa shape index (κ3) is 1.44. The van der Waals surface area contributed by atoms with Crippen LogP contribution >= 0.6 is 0 Å². The van der Waals surface area contributed by atoms with Gasteiger partial charge in [0.05, 0.1) is 12.3 Å². The van der Waals surface area contributed by atoms with Gasteiger partial charge in [-0.05, 0) is 20.0 Å². The summed E-state index contributed by atoms with van der Waals surface area (Å²) >= 11 is 0. The van der Waals surface area contributed by atoms with Gasteiger partial charge in [-0.3, -0.25) is 0 Å². The van der Waals surface area contributed by atoms with E-state index < -0.39 is 0 Å². The topological polar surface area (TPSA) is 25.2 Å². The average molecular weight is 149 g/mol. The molecular formula is C9H11NO. The van der Waals surface area contributed by atoms with Crippen LogP contribution in [0.15, 0.2) is 16.7 Å². The molecule has 1 rings (SSSR count). The monoisotopic (exact) mass is 149 g/mol. The van der Waals surface area contributed by atoms with Crippen molar-refractivity contribution < 1.29 is 4.42 Å². The second-order valence-electron chi connectivity index (χ2n) is 2.32. The molecule has 0 radical (unpaired) electrons. The minimum atomic E-state index is -0.0336. The number of nitrogens with one attached hydrogen (secondary N) is 1. The van der Waals surface area contributed by atoms with Crippen LogP contribution in [0.5, 0.6) is 0 Å². The van der Waals surface area contributed by atoms with E-state index >= 15 is 0 Å². The van der Waals surface area contributed by atoms with Crippen LogP contribution in [0.2, 0.25) is 0 Å². The Morgan fingerprint density at radius 2 is 2.45 bits per heavy atom. The Labute approximate surface area is 66.6 Å². The normalized spacial score (nSPS) is 12.5. The van der Waals surface area contributed by atoms with Gasteiger partial charge in [0, 0.05) is 5.56 Å². The van der Waals surface area contributed by atoms with Crippen molar-refractivity contribution >= 4 is 0 Å². The van der Waals surface area contributed by atoms with Crippen molar-refractivity contribution in [2.75, 3.05) is 7.05 Å². The van der Waals surface area contributed by atoms with E-state index in [1.165, 1.54) is 0 Å². The SMILES string of the molecule is C#CC(NC)c1ccoc1C. The summed E-state index contributed by atoms with van der Waals surface area (Å²) in [7, 11) is 1.83. The lowest BCUT2D eigenvalue weighted by atomic mass is 10.1. The number of hydrogen-bond acceptors (Lipinski definition) is 2. The number of aryl methyl sites for hydroxylation is 1. The van der Waals surface area contributed by atoms with Gasteiger partial charge >= 0.3 is 0 Å². The van der Waals surface area contributed by atoms with Gasteiger partial charge in [-0.2, -0.15) is 0 Å². The van der Waals surface area contributed by atoms with Crippen molar-refractivity contribution in [2.24, 2.45) is 0 Å². The molecule has 2 heteroatoms. The van der Waals surface area contributed by atoms with E-state index in [0.29, 0.717) is 0 Å². The maximum absolute atomic E-state index is 5.29. The molecule has 0 aromatic carbocycles. The molecule has 1 N–H and O–H groups in total. The first-order valence-electron chi connectivity index (χ1n) is 3.47. The summed E-state index contributed by atoms with van der Waals surface area (Å²) in [6.45, 7) is 1.90. The lowest BCUT2D eigenvalue weighted by molar-refractivity contribution is 0.525. The molecule has 11 heavy (non-hydrogen) atoms. The Kier molecular flexibility index (Phi) is 2.35. The molecule has 1 atom stereocenters. The highest BCUT2D eigenvalue weighted by Crippen LogP contribution is 2.16. The summed E-state index contributed by atoms with van der Waals surface area (Å²) in [4.78, 5) is 0. The van der Waals surface area contributed by atoms with Crippen molar-refractivity contribution in [3.8, 4) is 12.3 Å². The van der Waals surface area contributed by atoms with Gasteiger partial charge < -0.3 is 9.73 Å². The highest BCUT2D eigenvalue weighted by molar-refractivity contribution is 5.26. The highest BCUT2D eigenvalue weighted by atomic mass is 16.3. The zero-order chi connectivity index (χ0) is 8.27. The van der Waals surface area contributed by atoms with Crippen LogP contribution in [-0.4, -0.2) is 7.05 Å². The molecule has 0 aliphatic carbocycles. The second-order valence-corrected chi connectivity index (χ2v) is 2.32. The molecule has 0 aliphatic heterocycles. The molecule has 0 aliphatic rings. The smallest absolute Gasteiger partial charge is 0.106 e. The first-order valence-corrected chi connectivity index (χ1v) is 3.47. The van der Waals surface area contributed by atoms with E-state index in [0.717, 1.165) is 11.3 Å². The minimum Gasteiger partial charge on any atom is -0.469 e. The van der Waals surface area contributed by atoms with Crippen molar-refractivity contribution in [2.45, 2.75) is 13.0 Å². The first-order chi connectivity index (χ1) is 5.29. The fraction of sp³-hybridized carbons (Fsp3) is 0.333. The molecule has 1 unspecified atom stereocenters. The van der Waals surface area contributed by atoms with Gasteiger partial charge in [0.25, 0.3) is 0 Å². The first kappa shape index (κ1) is 7.90. The number of furan rings is 1. The number of hydrogen-bond donors (Lipinski definition) is 1. The second kappa shape index (κ2) is 3.27. The van der Waals surface area contributed by atoms with E-state index in [-0.39, 0.29) is 6.04 Å². The molecular weight excluding hydrogens is 138 g/mol. The van der Waals surface area contributed by atoms with Crippen molar-refractivity contribution in [1.29, 1.82) is 0 Å². The van der Waals surface area contributed by atoms with Crippen LogP contribution in [0.1, 0.15) is 17.4 Å². The maximum Gasteiger partial charge on any atom is 0.106 e. The molecule has 1 aromatic rings. The van der Waals surface area contributed by atoms with E-state index in [1.54, 1.807) is 6.26 Å². The van der Waals surface area contributed by atoms with Crippen LogP contribution in [0.25, 0.3) is 0 Å². The van der Waals surface area contributed by atoms with Crippen LogP contribution in [-0.2, 0) is 0 Å². The fourth-order valence-corrected chi connectivity index (χ4v) is 1.02. The maximum atomic E-state index is 5.29. The third-order valence-corrected chi connectivity index (χ3v) is 1.67. The Balaban J connectivity index is 2.92. The number of terminal acetylenes is 1. The predicted molar refractivity (Wildman–Crippen MR) is 44.1 cm³/mol. The lowest BCUT2D eigenvalue weighted by Crippen LogP contribution is -2.14. The van der Waals surface area contributed by atoms with E-state index in [9.17, 15) is 0 Å². The molecule has 1 aromatic heterocycles. The van der Waals surface area contributed by atoms with E-state index in [4.69, 9.17) is 10.8 Å². The summed E-state index contributed by atoms with van der Waals surface area (Å²) in [5.74, 6) is 3.50. The van der Waals surface area contributed by atoms with Crippen LogP contribution in [0.4, 0.5) is 0 Å². The van der Waals surface area contributed by atoms with Crippen LogP contribution < -0.4 is 5.32 Å². The molecule has 2 nitrogen and oxygen atoms in total. The van der Waals surface area contributed by atoms with Gasteiger partial charge in [0.15, 0.2) is 0 Å². The summed E-state index contributed by atoms with van der Waals surface area (Å²) in [5, 5.41) is 3.00. The predicted octanol–water partition coefficient (Wildman–Crippen LogP) is 1.48. The van der Waals surface area contributed by atoms with Crippen molar-refractivity contribution in [1.82, 2.24) is 5.32 Å². The summed E-state index contributed by atoms with van der Waals surface area (Å²) in [5.41, 5.74) is 1.04. The summed E-state index contributed by atoms with van der Waals surface area (Å²) in [6.07, 6.45) is 6.93. The standard InChI is InChI=1S/C9H11NO/c1-4-9(10-3)8-5-6-11-7(8)2/h1,5-6,9-10H,2-3H3. The Morgan fingerprint density at radius 3 is 2.82 bits per heavy atom. The molecule has 0 saturated heterocycles. The molecule has 58 valence electrons. The molecule has 0 spiro atoms. The molecule has 0 bridgehead atoms. The molecule has 1 heterocycles. The molecule has 0 amide bonds. The minimum absolute atomic E-state index is 0.0336. The third-order valence-electron chi connectivity index (χ3n) is 1.67. The zero-order valence-corrected chi connectivity index (χ0v) is 6.72. The summed E-state index contributed by atoms with van der Waals surface area (Å²) < 4.78 is 5.11. The number of rotatable bonds is 2. The van der Waals surface area contributed by atoms with Crippen molar-refractivity contribution in [3.05, 3.63) is 23.7 Å².